The van der Waals surface area contributed by atoms with Gasteiger partial charge >= 0.3 is 5.97 Å². The lowest BCUT2D eigenvalue weighted by Gasteiger charge is -2.17. The van der Waals surface area contributed by atoms with Gasteiger partial charge in [-0.25, -0.2) is 8.78 Å². The third kappa shape index (κ3) is 3.37. The molecule has 1 aromatic carbocycles. The standard InChI is InChI=1S/C15H17F2NO3/c1-7(15(20)21)8(2)18-14(19)12-6-10(12)11-5-9(16)3-4-13(11)17/h3-5,7-8,10,12H,6H2,1-2H3,(H,18,19)(H,20,21). The first kappa shape index (κ1) is 15.4. The maximum absolute atomic E-state index is 13.6. The first-order valence-corrected chi connectivity index (χ1v) is 6.79. The van der Waals surface area contributed by atoms with Gasteiger partial charge in [0.1, 0.15) is 11.6 Å². The van der Waals surface area contributed by atoms with Crippen molar-refractivity contribution in [3.8, 4) is 0 Å². The molecule has 1 aliphatic rings. The summed E-state index contributed by atoms with van der Waals surface area (Å²) in [5.41, 5.74) is 0.203. The minimum absolute atomic E-state index is 0.203. The number of carboxylic acid groups (broad SMARTS) is 1. The van der Waals surface area contributed by atoms with Gasteiger partial charge in [0.15, 0.2) is 0 Å². The average molecular weight is 297 g/mol. The predicted octanol–water partition coefficient (Wildman–Crippen LogP) is 2.29. The lowest BCUT2D eigenvalue weighted by atomic mass is 10.0. The molecule has 2 N–H and O–H groups in total. The fourth-order valence-corrected chi connectivity index (χ4v) is 2.30. The molecule has 0 aromatic heterocycles. The summed E-state index contributed by atoms with van der Waals surface area (Å²) in [5.74, 6) is -3.85. The van der Waals surface area contributed by atoms with E-state index in [4.69, 9.17) is 5.11 Å². The summed E-state index contributed by atoms with van der Waals surface area (Å²) in [6, 6.07) is 2.67. The van der Waals surface area contributed by atoms with Crippen molar-refractivity contribution in [1.29, 1.82) is 0 Å². The Hall–Kier alpha value is -1.98. The van der Waals surface area contributed by atoms with E-state index in [1.807, 2.05) is 0 Å². The molecular formula is C15H17F2NO3. The highest BCUT2D eigenvalue weighted by atomic mass is 19.1. The van der Waals surface area contributed by atoms with E-state index < -0.39 is 35.5 Å². The van der Waals surface area contributed by atoms with Crippen LogP contribution in [-0.4, -0.2) is 23.0 Å². The number of carbonyl (C=O) groups is 2. The molecule has 6 heteroatoms. The highest BCUT2D eigenvalue weighted by molar-refractivity contribution is 5.84. The zero-order valence-electron chi connectivity index (χ0n) is 11.8. The van der Waals surface area contributed by atoms with Gasteiger partial charge in [0.05, 0.1) is 5.92 Å². The molecule has 0 radical (unpaired) electrons. The molecule has 1 amide bonds. The summed E-state index contributed by atoms with van der Waals surface area (Å²) in [4.78, 5) is 22.8. The zero-order chi connectivity index (χ0) is 15.7. The van der Waals surface area contributed by atoms with Crippen LogP contribution >= 0.6 is 0 Å². The van der Waals surface area contributed by atoms with Gasteiger partial charge in [0.2, 0.25) is 5.91 Å². The summed E-state index contributed by atoms with van der Waals surface area (Å²) in [6.07, 6.45) is 0.445. The minimum Gasteiger partial charge on any atom is -0.481 e. The van der Waals surface area contributed by atoms with Gasteiger partial charge in [-0.15, -0.1) is 0 Å². The van der Waals surface area contributed by atoms with Crippen molar-refractivity contribution < 1.29 is 23.5 Å². The minimum atomic E-state index is -0.994. The Bertz CT molecular complexity index is 576. The third-order valence-corrected chi connectivity index (χ3v) is 3.99. The molecule has 4 nitrogen and oxygen atoms in total. The first-order chi connectivity index (χ1) is 9.81. The van der Waals surface area contributed by atoms with E-state index in [1.165, 1.54) is 6.92 Å². The summed E-state index contributed by atoms with van der Waals surface area (Å²) in [6.45, 7) is 3.11. The molecule has 2 rings (SSSR count). The second-order valence-corrected chi connectivity index (χ2v) is 5.54. The van der Waals surface area contributed by atoms with Crippen molar-refractivity contribution >= 4 is 11.9 Å². The molecule has 1 saturated carbocycles. The summed E-state index contributed by atoms with van der Waals surface area (Å²) < 4.78 is 26.8. The Balaban J connectivity index is 1.98. The number of rotatable bonds is 5. The van der Waals surface area contributed by atoms with Gasteiger partial charge in [-0.1, -0.05) is 0 Å². The Labute approximate surface area is 121 Å². The highest BCUT2D eigenvalue weighted by Crippen LogP contribution is 2.48. The fourth-order valence-electron chi connectivity index (χ4n) is 2.30. The number of halogens is 2. The number of carboxylic acids is 1. The molecule has 114 valence electrons. The largest absolute Gasteiger partial charge is 0.481 e. The van der Waals surface area contributed by atoms with Crippen LogP contribution in [-0.2, 0) is 9.59 Å². The smallest absolute Gasteiger partial charge is 0.308 e. The number of hydrogen-bond acceptors (Lipinski definition) is 2. The van der Waals surface area contributed by atoms with Crippen molar-refractivity contribution in [2.45, 2.75) is 32.2 Å². The number of carbonyl (C=O) groups excluding carboxylic acids is 1. The van der Waals surface area contributed by atoms with Crippen LogP contribution in [0.5, 0.6) is 0 Å². The van der Waals surface area contributed by atoms with E-state index in [2.05, 4.69) is 5.32 Å². The van der Waals surface area contributed by atoms with Crippen molar-refractivity contribution in [3.05, 3.63) is 35.4 Å². The quantitative estimate of drug-likeness (QED) is 0.876. The van der Waals surface area contributed by atoms with Crippen LogP contribution in [0.2, 0.25) is 0 Å². The maximum atomic E-state index is 13.6. The number of benzene rings is 1. The van der Waals surface area contributed by atoms with E-state index in [1.54, 1.807) is 6.92 Å². The summed E-state index contributed by atoms with van der Waals surface area (Å²) in [5, 5.41) is 11.5. The van der Waals surface area contributed by atoms with Crippen LogP contribution in [0.3, 0.4) is 0 Å². The summed E-state index contributed by atoms with van der Waals surface area (Å²) >= 11 is 0. The molecule has 0 heterocycles. The van der Waals surface area contributed by atoms with Crippen molar-refractivity contribution in [3.63, 3.8) is 0 Å². The Morgan fingerprint density at radius 2 is 2.00 bits per heavy atom. The van der Waals surface area contributed by atoms with Crippen LogP contribution in [0.1, 0.15) is 31.7 Å². The number of aliphatic carboxylic acids is 1. The Morgan fingerprint density at radius 3 is 2.62 bits per heavy atom. The van der Waals surface area contributed by atoms with Gasteiger partial charge < -0.3 is 10.4 Å². The van der Waals surface area contributed by atoms with Gasteiger partial charge in [-0.3, -0.25) is 9.59 Å². The van der Waals surface area contributed by atoms with Gasteiger partial charge in [-0.05, 0) is 49.9 Å². The number of amides is 1. The van der Waals surface area contributed by atoms with E-state index in [0.29, 0.717) is 6.42 Å². The van der Waals surface area contributed by atoms with Crippen molar-refractivity contribution in [1.82, 2.24) is 5.32 Å². The predicted molar refractivity (Wildman–Crippen MR) is 71.6 cm³/mol. The van der Waals surface area contributed by atoms with Crippen LogP contribution in [0, 0.1) is 23.5 Å². The molecule has 0 saturated heterocycles. The summed E-state index contributed by atoms with van der Waals surface area (Å²) in [7, 11) is 0. The molecule has 0 spiro atoms. The molecular weight excluding hydrogens is 280 g/mol. The Kier molecular flexibility index (Phi) is 4.25. The van der Waals surface area contributed by atoms with Gasteiger partial charge in [0, 0.05) is 12.0 Å². The molecule has 1 fully saturated rings. The fraction of sp³-hybridized carbons (Fsp3) is 0.467. The topological polar surface area (TPSA) is 66.4 Å². The van der Waals surface area contributed by atoms with Crippen LogP contribution in [0.25, 0.3) is 0 Å². The van der Waals surface area contributed by atoms with Gasteiger partial charge in [-0.2, -0.15) is 0 Å². The molecule has 0 aliphatic heterocycles. The van der Waals surface area contributed by atoms with Crippen LogP contribution in [0.4, 0.5) is 8.78 Å². The maximum Gasteiger partial charge on any atom is 0.308 e. The molecule has 1 aliphatic carbocycles. The van der Waals surface area contributed by atoms with E-state index in [-0.39, 0.29) is 17.4 Å². The van der Waals surface area contributed by atoms with E-state index >= 15 is 0 Å². The lowest BCUT2D eigenvalue weighted by Crippen LogP contribution is -2.40. The molecule has 4 unspecified atom stereocenters. The van der Waals surface area contributed by atoms with E-state index in [9.17, 15) is 18.4 Å². The SMILES string of the molecule is CC(NC(=O)C1CC1c1cc(F)ccc1F)C(C)C(=O)O. The van der Waals surface area contributed by atoms with E-state index in [0.717, 1.165) is 18.2 Å². The first-order valence-electron chi connectivity index (χ1n) is 6.79. The molecule has 1 aromatic rings. The lowest BCUT2D eigenvalue weighted by molar-refractivity contribution is -0.142. The van der Waals surface area contributed by atoms with Crippen LogP contribution in [0.15, 0.2) is 18.2 Å². The zero-order valence-corrected chi connectivity index (χ0v) is 11.8. The van der Waals surface area contributed by atoms with Gasteiger partial charge in [0.25, 0.3) is 0 Å². The molecule has 4 atom stereocenters. The number of nitrogens with one attached hydrogen (secondary N) is 1. The third-order valence-electron chi connectivity index (χ3n) is 3.99. The van der Waals surface area contributed by atoms with Crippen molar-refractivity contribution in [2.75, 3.05) is 0 Å². The Morgan fingerprint density at radius 1 is 1.33 bits per heavy atom. The van der Waals surface area contributed by atoms with Crippen molar-refractivity contribution in [2.24, 2.45) is 11.8 Å². The highest BCUT2D eigenvalue weighted by Gasteiger charge is 2.45. The second kappa shape index (κ2) is 5.79. The normalized spacial score (nSPS) is 23.2. The van der Waals surface area contributed by atoms with Crippen LogP contribution < -0.4 is 5.32 Å². The molecule has 21 heavy (non-hydrogen) atoms. The number of hydrogen-bond donors (Lipinski definition) is 2. The average Bonchev–Trinajstić information content (AvgIpc) is 3.20. The monoisotopic (exact) mass is 297 g/mol. The molecule has 0 bridgehead atoms. The second-order valence-electron chi connectivity index (χ2n) is 5.54.